The standard InChI is InChI=1S/C32H42FN7O3/c1-9-39-18-24-26(37-13-12-22(17-37)40(19-31(3,4)5)30(42)43-32(6,7)8)11-10-23(27(24)36-39)29(41)35-21-14-25(33)28-34-20(2)15-38(28)16-21/h10-11,14-16,18,22H,9,12-13,17,19H2,1-8H3,(H,35,41)/t22-/m0/s1. The maximum atomic E-state index is 14.7. The number of ether oxygens (including phenoxy) is 1. The van der Waals surface area contributed by atoms with Crippen LogP contribution in [-0.4, -0.2) is 67.3 Å². The Kier molecular flexibility index (Phi) is 7.87. The third kappa shape index (κ3) is 6.60. The molecule has 0 aliphatic carbocycles. The summed E-state index contributed by atoms with van der Waals surface area (Å²) in [5, 5.41) is 8.41. The molecule has 1 saturated heterocycles. The van der Waals surface area contributed by atoms with Crippen molar-refractivity contribution in [2.24, 2.45) is 5.41 Å². The van der Waals surface area contributed by atoms with Gasteiger partial charge in [0.25, 0.3) is 5.91 Å². The summed E-state index contributed by atoms with van der Waals surface area (Å²) in [6.45, 7) is 18.4. The van der Waals surface area contributed by atoms with E-state index in [2.05, 4.69) is 36.0 Å². The molecule has 0 spiro atoms. The van der Waals surface area contributed by atoms with E-state index in [1.54, 1.807) is 29.8 Å². The molecule has 1 aliphatic heterocycles. The molecule has 3 aromatic heterocycles. The van der Waals surface area contributed by atoms with Crippen molar-refractivity contribution < 1.29 is 18.7 Å². The Hall–Kier alpha value is -4.15. The van der Waals surface area contributed by atoms with Crippen molar-refractivity contribution in [3.05, 3.63) is 53.9 Å². The van der Waals surface area contributed by atoms with E-state index in [0.29, 0.717) is 42.1 Å². The number of aromatic nitrogens is 4. The molecule has 1 fully saturated rings. The SMILES string of the molecule is CCn1cc2c(N3CC[C@H](N(CC(C)(C)C)C(=O)OC(C)(C)C)C3)ccc(C(=O)Nc3cc(F)c4nc(C)cn4c3)c2n1. The predicted octanol–water partition coefficient (Wildman–Crippen LogP) is 6.27. The van der Waals surface area contributed by atoms with Gasteiger partial charge < -0.3 is 24.3 Å². The van der Waals surface area contributed by atoms with Crippen molar-refractivity contribution in [2.45, 2.75) is 80.0 Å². The molecule has 1 atom stereocenters. The lowest BCUT2D eigenvalue weighted by Gasteiger charge is -2.36. The van der Waals surface area contributed by atoms with Gasteiger partial charge in [-0.1, -0.05) is 20.8 Å². The number of halogens is 1. The van der Waals surface area contributed by atoms with Gasteiger partial charge in [-0.25, -0.2) is 14.2 Å². The van der Waals surface area contributed by atoms with Gasteiger partial charge in [-0.15, -0.1) is 0 Å². The van der Waals surface area contributed by atoms with Gasteiger partial charge in [-0.2, -0.15) is 5.10 Å². The zero-order valence-electron chi connectivity index (χ0n) is 26.4. The van der Waals surface area contributed by atoms with Crippen molar-refractivity contribution >= 4 is 39.9 Å². The van der Waals surface area contributed by atoms with Gasteiger partial charge in [0.05, 0.1) is 23.0 Å². The van der Waals surface area contributed by atoms with Crippen molar-refractivity contribution in [1.82, 2.24) is 24.1 Å². The molecule has 1 aliphatic rings. The molecule has 43 heavy (non-hydrogen) atoms. The smallest absolute Gasteiger partial charge is 0.410 e. The third-order valence-corrected chi connectivity index (χ3v) is 7.37. The number of nitrogens with one attached hydrogen (secondary N) is 1. The second-order valence-electron chi connectivity index (χ2n) is 13.6. The number of carbonyl (C=O) groups is 2. The minimum absolute atomic E-state index is 0.0232. The van der Waals surface area contributed by atoms with Gasteiger partial charge in [-0.3, -0.25) is 9.48 Å². The normalized spacial score (nSPS) is 15.8. The van der Waals surface area contributed by atoms with E-state index in [1.807, 2.05) is 49.5 Å². The van der Waals surface area contributed by atoms with Crippen LogP contribution in [0.5, 0.6) is 0 Å². The zero-order chi connectivity index (χ0) is 31.3. The first-order valence-electron chi connectivity index (χ1n) is 14.8. The summed E-state index contributed by atoms with van der Waals surface area (Å²) in [4.78, 5) is 35.1. The predicted molar refractivity (Wildman–Crippen MR) is 166 cm³/mol. The highest BCUT2D eigenvalue weighted by molar-refractivity contribution is 6.14. The van der Waals surface area contributed by atoms with E-state index in [4.69, 9.17) is 9.84 Å². The molecule has 0 unspecified atom stereocenters. The van der Waals surface area contributed by atoms with E-state index in [1.165, 1.54) is 6.07 Å². The molecule has 2 amide bonds. The number of nitrogens with zero attached hydrogens (tertiary/aromatic N) is 6. The Bertz CT molecular complexity index is 1680. The van der Waals surface area contributed by atoms with E-state index >= 15 is 0 Å². The van der Waals surface area contributed by atoms with Gasteiger partial charge in [-0.05, 0) is 58.6 Å². The highest BCUT2D eigenvalue weighted by Crippen LogP contribution is 2.34. The Labute approximate surface area is 251 Å². The van der Waals surface area contributed by atoms with Crippen LogP contribution in [0.1, 0.15) is 70.9 Å². The molecule has 1 N–H and O–H groups in total. The lowest BCUT2D eigenvalue weighted by Crippen LogP contribution is -2.48. The van der Waals surface area contributed by atoms with Crippen LogP contribution >= 0.6 is 0 Å². The van der Waals surface area contributed by atoms with Crippen LogP contribution in [0.15, 0.2) is 36.8 Å². The summed E-state index contributed by atoms with van der Waals surface area (Å²) < 4.78 is 23.8. The Morgan fingerprint density at radius 2 is 1.88 bits per heavy atom. The lowest BCUT2D eigenvalue weighted by atomic mass is 9.95. The molecule has 4 aromatic rings. The number of imidazole rings is 1. The van der Waals surface area contributed by atoms with Gasteiger partial charge >= 0.3 is 6.09 Å². The maximum absolute atomic E-state index is 14.7. The molecule has 230 valence electrons. The number of amides is 2. The number of hydrogen-bond acceptors (Lipinski definition) is 6. The van der Waals surface area contributed by atoms with Crippen LogP contribution in [0.2, 0.25) is 0 Å². The zero-order valence-corrected chi connectivity index (χ0v) is 26.4. The summed E-state index contributed by atoms with van der Waals surface area (Å²) in [6, 6.07) is 4.95. The Morgan fingerprint density at radius 3 is 2.56 bits per heavy atom. The second-order valence-corrected chi connectivity index (χ2v) is 13.6. The second kappa shape index (κ2) is 11.2. The topological polar surface area (TPSA) is 97.0 Å². The molecule has 0 bridgehead atoms. The first-order chi connectivity index (χ1) is 20.1. The quantitative estimate of drug-likeness (QED) is 0.284. The first-order valence-corrected chi connectivity index (χ1v) is 14.8. The number of aryl methyl sites for hydroxylation is 2. The van der Waals surface area contributed by atoms with Crippen LogP contribution in [-0.2, 0) is 11.3 Å². The van der Waals surface area contributed by atoms with Crippen molar-refractivity contribution in [3.63, 3.8) is 0 Å². The van der Waals surface area contributed by atoms with Gasteiger partial charge in [0.1, 0.15) is 11.1 Å². The molecule has 0 radical (unpaired) electrons. The number of pyridine rings is 1. The first kappa shape index (κ1) is 30.3. The highest BCUT2D eigenvalue weighted by Gasteiger charge is 2.36. The van der Waals surface area contributed by atoms with Gasteiger partial charge in [0.15, 0.2) is 11.5 Å². The van der Waals surface area contributed by atoms with E-state index in [-0.39, 0.29) is 29.1 Å². The molecule has 0 saturated carbocycles. The van der Waals surface area contributed by atoms with Crippen LogP contribution < -0.4 is 10.2 Å². The number of rotatable bonds is 6. The molecule has 4 heterocycles. The summed E-state index contributed by atoms with van der Waals surface area (Å²) in [5.74, 6) is -0.897. The van der Waals surface area contributed by atoms with Crippen molar-refractivity contribution in [3.8, 4) is 0 Å². The molecule has 10 nitrogen and oxygen atoms in total. The van der Waals surface area contributed by atoms with E-state index < -0.39 is 11.4 Å². The fourth-order valence-electron chi connectivity index (χ4n) is 5.60. The monoisotopic (exact) mass is 591 g/mol. The molecule has 5 rings (SSSR count). The molecule has 1 aromatic carbocycles. The van der Waals surface area contributed by atoms with E-state index in [9.17, 15) is 14.0 Å². The number of fused-ring (bicyclic) bond motifs is 2. The Balaban J connectivity index is 1.42. The fraction of sp³-hybridized carbons (Fsp3) is 0.500. The van der Waals surface area contributed by atoms with Crippen LogP contribution in [0.25, 0.3) is 16.6 Å². The van der Waals surface area contributed by atoms with Gasteiger partial charge in [0.2, 0.25) is 0 Å². The minimum atomic E-state index is -0.585. The number of anilines is 2. The summed E-state index contributed by atoms with van der Waals surface area (Å²) in [6.07, 6.45) is 5.80. The molecular formula is C32H42FN7O3. The average Bonchev–Trinajstić information content (AvgIpc) is 3.63. The number of benzene rings is 1. The number of carbonyl (C=O) groups excluding carboxylic acids is 2. The summed E-state index contributed by atoms with van der Waals surface area (Å²) in [7, 11) is 0. The summed E-state index contributed by atoms with van der Waals surface area (Å²) in [5.41, 5.74) is 2.45. The van der Waals surface area contributed by atoms with Gasteiger partial charge in [0, 0.05) is 61.9 Å². The minimum Gasteiger partial charge on any atom is -0.444 e. The van der Waals surface area contributed by atoms with Crippen molar-refractivity contribution in [1.29, 1.82) is 0 Å². The van der Waals surface area contributed by atoms with E-state index in [0.717, 1.165) is 24.0 Å². The Morgan fingerprint density at radius 1 is 1.14 bits per heavy atom. The molecule has 11 heteroatoms. The van der Waals surface area contributed by atoms with Crippen LogP contribution in [0.3, 0.4) is 0 Å². The van der Waals surface area contributed by atoms with Crippen LogP contribution in [0.4, 0.5) is 20.6 Å². The summed E-state index contributed by atoms with van der Waals surface area (Å²) >= 11 is 0. The molecular weight excluding hydrogens is 549 g/mol. The fourth-order valence-corrected chi connectivity index (χ4v) is 5.60. The van der Waals surface area contributed by atoms with Crippen LogP contribution in [0, 0.1) is 18.2 Å². The largest absolute Gasteiger partial charge is 0.444 e. The average molecular weight is 592 g/mol. The number of hydrogen-bond donors (Lipinski definition) is 1. The van der Waals surface area contributed by atoms with Crippen molar-refractivity contribution in [2.75, 3.05) is 29.9 Å². The highest BCUT2D eigenvalue weighted by atomic mass is 19.1. The maximum Gasteiger partial charge on any atom is 0.410 e. The lowest BCUT2D eigenvalue weighted by molar-refractivity contribution is 0.0105. The third-order valence-electron chi connectivity index (χ3n) is 7.37.